The van der Waals surface area contributed by atoms with Crippen LogP contribution in [0.2, 0.25) is 0 Å². The number of nitrogens with two attached hydrogens (primary N) is 1. The van der Waals surface area contributed by atoms with Gasteiger partial charge in [0, 0.05) is 49.7 Å². The Bertz CT molecular complexity index is 992. The van der Waals surface area contributed by atoms with Crippen molar-refractivity contribution < 1.29 is 14.4 Å². The van der Waals surface area contributed by atoms with Gasteiger partial charge in [-0.15, -0.1) is 0 Å². The molecular weight excluding hydrogens is 438 g/mol. The molecule has 34 heavy (non-hydrogen) atoms. The number of morpholine rings is 1. The van der Waals surface area contributed by atoms with E-state index in [4.69, 9.17) is 25.3 Å². The number of rotatable bonds is 6. The number of amides is 1. The Morgan fingerprint density at radius 3 is 2.59 bits per heavy atom. The molecule has 0 atom stereocenters. The van der Waals surface area contributed by atoms with Crippen LogP contribution in [0.1, 0.15) is 24.8 Å². The Balaban J connectivity index is 1.32. The number of hydrogen-bond donors (Lipinski definition) is 2. The Kier molecular flexibility index (Phi) is 6.86. The third kappa shape index (κ3) is 5.12. The second-order valence-electron chi connectivity index (χ2n) is 8.66. The maximum absolute atomic E-state index is 12.5. The molecule has 1 amide bonds. The Morgan fingerprint density at radius 1 is 1.06 bits per heavy atom. The number of carbonyl (C=O) groups excluding carboxylic acids is 1. The topological polar surface area (TPSA) is 135 Å². The summed E-state index contributed by atoms with van der Waals surface area (Å²) in [5.41, 5.74) is 8.04. The molecule has 3 aliphatic heterocycles. The molecule has 2 saturated heterocycles. The highest BCUT2D eigenvalue weighted by atomic mass is 16.7. The van der Waals surface area contributed by atoms with E-state index in [0.717, 1.165) is 36.5 Å². The van der Waals surface area contributed by atoms with Gasteiger partial charge in [-0.1, -0.05) is 6.42 Å². The molecule has 0 bridgehead atoms. The van der Waals surface area contributed by atoms with Gasteiger partial charge in [-0.05, 0) is 32.4 Å². The van der Waals surface area contributed by atoms with Crippen molar-refractivity contribution in [3.8, 4) is 11.3 Å². The van der Waals surface area contributed by atoms with E-state index < -0.39 is 6.09 Å². The number of carbonyl (C=O) groups is 1. The van der Waals surface area contributed by atoms with E-state index in [1.54, 1.807) is 17.5 Å². The van der Waals surface area contributed by atoms with Gasteiger partial charge in [0.05, 0.1) is 25.5 Å². The maximum Gasteiger partial charge on any atom is 0.431 e. The van der Waals surface area contributed by atoms with Crippen LogP contribution in [-0.4, -0.2) is 90.0 Å². The monoisotopic (exact) mass is 469 g/mol. The van der Waals surface area contributed by atoms with Gasteiger partial charge in [-0.3, -0.25) is 0 Å². The molecule has 0 spiro atoms. The Morgan fingerprint density at radius 2 is 1.82 bits per heavy atom. The van der Waals surface area contributed by atoms with E-state index in [-0.39, 0.29) is 5.95 Å². The predicted molar refractivity (Wildman–Crippen MR) is 126 cm³/mol. The summed E-state index contributed by atoms with van der Waals surface area (Å²) in [5, 5.41) is 4.42. The number of nitrogens with one attached hydrogen (secondary N) is 1. The highest BCUT2D eigenvalue weighted by Gasteiger charge is 2.31. The minimum Gasteiger partial charge on any atom is -0.378 e. The van der Waals surface area contributed by atoms with Crippen LogP contribution in [0.15, 0.2) is 12.4 Å². The van der Waals surface area contributed by atoms with Crippen LogP contribution in [0.25, 0.3) is 11.3 Å². The fourth-order valence-corrected chi connectivity index (χ4v) is 4.54. The molecule has 3 N–H and O–H groups in total. The normalized spacial score (nSPS) is 18.6. The zero-order valence-electron chi connectivity index (χ0n) is 19.3. The van der Waals surface area contributed by atoms with Crippen LogP contribution in [0.5, 0.6) is 0 Å². The van der Waals surface area contributed by atoms with E-state index in [0.29, 0.717) is 57.6 Å². The molecule has 12 nitrogen and oxygen atoms in total. The number of anilines is 3. The second-order valence-corrected chi connectivity index (χ2v) is 8.66. The van der Waals surface area contributed by atoms with Gasteiger partial charge in [-0.2, -0.15) is 10.0 Å². The van der Waals surface area contributed by atoms with Crippen LogP contribution in [-0.2, 0) is 16.0 Å². The van der Waals surface area contributed by atoms with E-state index in [2.05, 4.69) is 25.1 Å². The van der Waals surface area contributed by atoms with Gasteiger partial charge in [0.25, 0.3) is 0 Å². The fraction of sp³-hybridized carbons (Fsp3) is 0.591. The minimum absolute atomic E-state index is 0.203. The first-order chi connectivity index (χ1) is 16.7. The van der Waals surface area contributed by atoms with Gasteiger partial charge in [0.15, 0.2) is 5.82 Å². The first-order valence-corrected chi connectivity index (χ1v) is 11.9. The van der Waals surface area contributed by atoms with E-state index >= 15 is 0 Å². The van der Waals surface area contributed by atoms with Crippen LogP contribution >= 0.6 is 0 Å². The summed E-state index contributed by atoms with van der Waals surface area (Å²) in [4.78, 5) is 40.5. The molecule has 0 aromatic carbocycles. The summed E-state index contributed by atoms with van der Waals surface area (Å²) in [5.74, 6) is 1.36. The zero-order valence-corrected chi connectivity index (χ0v) is 19.3. The van der Waals surface area contributed by atoms with Gasteiger partial charge in [0.1, 0.15) is 0 Å². The zero-order chi connectivity index (χ0) is 23.3. The van der Waals surface area contributed by atoms with Crippen molar-refractivity contribution in [2.24, 2.45) is 0 Å². The number of ether oxygens (including phenoxy) is 1. The lowest BCUT2D eigenvalue weighted by atomic mass is 10.1. The average molecular weight is 470 g/mol. The Hall–Kier alpha value is -3.25. The molecule has 2 aromatic rings. The first kappa shape index (κ1) is 22.5. The van der Waals surface area contributed by atoms with Crippen LogP contribution in [0, 0.1) is 0 Å². The van der Waals surface area contributed by atoms with Crippen LogP contribution < -0.4 is 21.0 Å². The molecule has 0 aliphatic carbocycles. The molecule has 0 saturated carbocycles. The largest absolute Gasteiger partial charge is 0.431 e. The molecule has 5 rings (SSSR count). The molecule has 0 radical (unpaired) electrons. The Labute approximate surface area is 198 Å². The van der Waals surface area contributed by atoms with Crippen molar-refractivity contribution >= 4 is 23.8 Å². The van der Waals surface area contributed by atoms with Gasteiger partial charge in [0.2, 0.25) is 11.9 Å². The molecule has 2 fully saturated rings. The maximum atomic E-state index is 12.5. The summed E-state index contributed by atoms with van der Waals surface area (Å²) >= 11 is 0. The molecule has 0 unspecified atom stereocenters. The van der Waals surface area contributed by atoms with Gasteiger partial charge < -0.3 is 30.4 Å². The lowest BCUT2D eigenvalue weighted by Crippen LogP contribution is -2.40. The van der Waals surface area contributed by atoms with Gasteiger partial charge in [-0.25, -0.2) is 19.7 Å². The molecular formula is C22H31N9O3. The predicted octanol–water partition coefficient (Wildman–Crippen LogP) is 0.842. The van der Waals surface area contributed by atoms with Crippen molar-refractivity contribution in [1.29, 1.82) is 0 Å². The number of hydrogen-bond acceptors (Lipinski definition) is 11. The van der Waals surface area contributed by atoms with Crippen molar-refractivity contribution in [1.82, 2.24) is 30.2 Å². The molecule has 12 heteroatoms. The minimum atomic E-state index is -0.478. The number of hydroxylamine groups is 1. The third-order valence-electron chi connectivity index (χ3n) is 6.35. The number of nitrogens with zero attached hydrogens (tertiary/aromatic N) is 7. The quantitative estimate of drug-likeness (QED) is 0.623. The highest BCUT2D eigenvalue weighted by molar-refractivity contribution is 5.74. The third-order valence-corrected chi connectivity index (χ3v) is 6.35. The smallest absolute Gasteiger partial charge is 0.378 e. The highest BCUT2D eigenvalue weighted by Crippen LogP contribution is 2.35. The van der Waals surface area contributed by atoms with E-state index in [9.17, 15) is 4.79 Å². The molecule has 5 heterocycles. The molecule has 3 aliphatic rings. The molecule has 182 valence electrons. The summed E-state index contributed by atoms with van der Waals surface area (Å²) < 4.78 is 5.47. The summed E-state index contributed by atoms with van der Waals surface area (Å²) in [6.07, 6.45) is 7.21. The average Bonchev–Trinajstić information content (AvgIpc) is 3.28. The van der Waals surface area contributed by atoms with Crippen molar-refractivity contribution in [2.75, 3.05) is 74.7 Å². The number of aromatic nitrogens is 4. The number of fused-ring (bicyclic) bond motifs is 1. The van der Waals surface area contributed by atoms with Crippen molar-refractivity contribution in [3.05, 3.63) is 18.0 Å². The van der Waals surface area contributed by atoms with Crippen molar-refractivity contribution in [3.63, 3.8) is 0 Å². The standard InChI is InChI=1S/C22H31N9O3/c23-20-25-14-16(15-26-20)18-17-4-8-31(19(17)28-21(27-18)30-10-12-33-13-11-30)34-22(32)24-5-9-29-6-2-1-3-7-29/h14-15H,1-13H2,(H,24,32)(H2,23,25,26). The first-order valence-electron chi connectivity index (χ1n) is 11.9. The second kappa shape index (κ2) is 10.3. The summed E-state index contributed by atoms with van der Waals surface area (Å²) in [6.45, 7) is 6.67. The van der Waals surface area contributed by atoms with E-state index in [1.807, 2.05) is 0 Å². The molecule has 2 aromatic heterocycles. The summed E-state index contributed by atoms with van der Waals surface area (Å²) in [6, 6.07) is 0. The lowest BCUT2D eigenvalue weighted by Gasteiger charge is -2.28. The van der Waals surface area contributed by atoms with Crippen LogP contribution in [0.3, 0.4) is 0 Å². The fourth-order valence-electron chi connectivity index (χ4n) is 4.54. The number of piperidine rings is 1. The van der Waals surface area contributed by atoms with Crippen LogP contribution in [0.4, 0.5) is 22.5 Å². The summed E-state index contributed by atoms with van der Waals surface area (Å²) in [7, 11) is 0. The lowest BCUT2D eigenvalue weighted by molar-refractivity contribution is 0.122. The number of likely N-dealkylation sites (tertiary alicyclic amines) is 1. The van der Waals surface area contributed by atoms with E-state index in [1.165, 1.54) is 19.3 Å². The number of nitrogen functional groups attached to an aromatic ring is 1. The van der Waals surface area contributed by atoms with Gasteiger partial charge >= 0.3 is 6.09 Å². The SMILES string of the molecule is Nc1ncc(-c2nc(N3CCOCC3)nc3c2CCN3OC(=O)NCCN2CCCCC2)cn1. The van der Waals surface area contributed by atoms with Crippen molar-refractivity contribution in [2.45, 2.75) is 25.7 Å².